The molecule has 1 fully saturated rings. The first-order valence-corrected chi connectivity index (χ1v) is 8.55. The summed E-state index contributed by atoms with van der Waals surface area (Å²) in [5, 5.41) is 11.5. The van der Waals surface area contributed by atoms with Crippen LogP contribution in [0.15, 0.2) is 48.5 Å². The van der Waals surface area contributed by atoms with Gasteiger partial charge in [0.2, 0.25) is 0 Å². The number of nitrogens with zero attached hydrogens (tertiary/aromatic N) is 2. The van der Waals surface area contributed by atoms with Crippen LogP contribution in [0.2, 0.25) is 0 Å². The molecule has 0 unspecified atom stereocenters. The highest BCUT2D eigenvalue weighted by molar-refractivity contribution is 5.97. The number of hydrogen-bond acceptors (Lipinski definition) is 5. The maximum atomic E-state index is 12.5. The van der Waals surface area contributed by atoms with Gasteiger partial charge < -0.3 is 19.7 Å². The van der Waals surface area contributed by atoms with Gasteiger partial charge in [0.1, 0.15) is 5.75 Å². The molecule has 3 rings (SSSR count). The van der Waals surface area contributed by atoms with E-state index in [1.54, 1.807) is 53.4 Å². The minimum atomic E-state index is -0.338. The maximum Gasteiger partial charge on any atom is 0.262 e. The Morgan fingerprint density at radius 1 is 1.15 bits per heavy atom. The van der Waals surface area contributed by atoms with Gasteiger partial charge in [0.05, 0.1) is 24.8 Å². The van der Waals surface area contributed by atoms with Crippen molar-refractivity contribution in [3.05, 3.63) is 59.7 Å². The third-order valence-electron chi connectivity index (χ3n) is 4.04. The fourth-order valence-electron chi connectivity index (χ4n) is 2.65. The van der Waals surface area contributed by atoms with Crippen LogP contribution in [0.3, 0.4) is 0 Å². The molecule has 0 atom stereocenters. The summed E-state index contributed by atoms with van der Waals surface area (Å²) < 4.78 is 10.7. The van der Waals surface area contributed by atoms with Crippen molar-refractivity contribution in [2.24, 2.45) is 0 Å². The molecule has 0 saturated carbocycles. The van der Waals surface area contributed by atoms with E-state index >= 15 is 0 Å². The number of nitrogens with one attached hydrogen (secondary N) is 1. The van der Waals surface area contributed by atoms with Crippen molar-refractivity contribution in [1.82, 2.24) is 4.90 Å². The van der Waals surface area contributed by atoms with Crippen LogP contribution in [0.4, 0.5) is 5.69 Å². The third-order valence-corrected chi connectivity index (χ3v) is 4.04. The summed E-state index contributed by atoms with van der Waals surface area (Å²) in [5.41, 5.74) is 1.57. The van der Waals surface area contributed by atoms with Crippen molar-refractivity contribution in [3.8, 4) is 11.8 Å². The first kappa shape index (κ1) is 18.4. The second-order valence-electron chi connectivity index (χ2n) is 5.96. The van der Waals surface area contributed by atoms with Crippen LogP contribution in [0.1, 0.15) is 15.9 Å². The van der Waals surface area contributed by atoms with Crippen molar-refractivity contribution >= 4 is 17.5 Å². The molecule has 1 N–H and O–H groups in total. The van der Waals surface area contributed by atoms with E-state index in [-0.39, 0.29) is 18.4 Å². The van der Waals surface area contributed by atoms with Crippen molar-refractivity contribution in [2.45, 2.75) is 0 Å². The average Bonchev–Trinajstić information content (AvgIpc) is 2.73. The van der Waals surface area contributed by atoms with Gasteiger partial charge in [0.15, 0.2) is 6.61 Å². The van der Waals surface area contributed by atoms with Gasteiger partial charge in [-0.25, -0.2) is 0 Å². The number of ether oxygens (including phenoxy) is 2. The molecule has 1 aliphatic heterocycles. The average molecular weight is 365 g/mol. The number of hydrogen-bond donors (Lipinski definition) is 1. The minimum Gasteiger partial charge on any atom is -0.484 e. The fraction of sp³-hybridized carbons (Fsp3) is 0.250. The SMILES string of the molecule is N#Cc1ccc(OCC(=O)Nc2cccc(C(=O)N3CCOCC3)c2)cc1. The highest BCUT2D eigenvalue weighted by Crippen LogP contribution is 2.15. The minimum absolute atomic E-state index is 0.0803. The molecule has 1 saturated heterocycles. The molecule has 7 nitrogen and oxygen atoms in total. The summed E-state index contributed by atoms with van der Waals surface area (Å²) in [5.74, 6) is 0.0824. The van der Waals surface area contributed by atoms with Crippen LogP contribution < -0.4 is 10.1 Å². The molecule has 138 valence electrons. The normalized spacial score (nSPS) is 13.5. The molecule has 7 heteroatoms. The lowest BCUT2D eigenvalue weighted by Gasteiger charge is -2.27. The topological polar surface area (TPSA) is 91.7 Å². The van der Waals surface area contributed by atoms with Gasteiger partial charge in [0.25, 0.3) is 11.8 Å². The largest absolute Gasteiger partial charge is 0.484 e. The van der Waals surface area contributed by atoms with E-state index in [1.165, 1.54) is 0 Å². The molecular weight excluding hydrogens is 346 g/mol. The Balaban J connectivity index is 1.55. The zero-order chi connectivity index (χ0) is 19.1. The fourth-order valence-corrected chi connectivity index (χ4v) is 2.65. The van der Waals surface area contributed by atoms with E-state index in [9.17, 15) is 9.59 Å². The van der Waals surface area contributed by atoms with Gasteiger partial charge >= 0.3 is 0 Å². The maximum absolute atomic E-state index is 12.5. The van der Waals surface area contributed by atoms with Gasteiger partial charge in [-0.2, -0.15) is 5.26 Å². The molecule has 0 spiro atoms. The Morgan fingerprint density at radius 3 is 2.59 bits per heavy atom. The molecule has 2 amide bonds. The van der Waals surface area contributed by atoms with Crippen molar-refractivity contribution < 1.29 is 19.1 Å². The standard InChI is InChI=1S/C20H19N3O4/c21-13-15-4-6-18(7-5-15)27-14-19(24)22-17-3-1-2-16(12-17)20(25)23-8-10-26-11-9-23/h1-7,12H,8-11,14H2,(H,22,24). The molecule has 1 heterocycles. The zero-order valence-electron chi connectivity index (χ0n) is 14.7. The smallest absolute Gasteiger partial charge is 0.262 e. The molecule has 0 bridgehead atoms. The van der Waals surface area contributed by atoms with Gasteiger partial charge in [-0.3, -0.25) is 9.59 Å². The number of amides is 2. The number of morpholine rings is 1. The molecule has 2 aromatic carbocycles. The van der Waals surface area contributed by atoms with Crippen LogP contribution >= 0.6 is 0 Å². The quantitative estimate of drug-likeness (QED) is 0.876. The summed E-state index contributed by atoms with van der Waals surface area (Å²) >= 11 is 0. The summed E-state index contributed by atoms with van der Waals surface area (Å²) in [6, 6.07) is 15.3. The molecule has 0 aromatic heterocycles. The molecule has 0 radical (unpaired) electrons. The number of rotatable bonds is 5. The number of anilines is 1. The summed E-state index contributed by atoms with van der Waals surface area (Å²) in [6.07, 6.45) is 0. The summed E-state index contributed by atoms with van der Waals surface area (Å²) in [6.45, 7) is 2.03. The Kier molecular flexibility index (Phi) is 6.02. The predicted molar refractivity (Wildman–Crippen MR) is 98.4 cm³/mol. The van der Waals surface area contributed by atoms with Crippen LogP contribution in [0.25, 0.3) is 0 Å². The Hall–Kier alpha value is -3.37. The molecular formula is C20H19N3O4. The number of benzene rings is 2. The van der Waals surface area contributed by atoms with E-state index in [4.69, 9.17) is 14.7 Å². The lowest BCUT2D eigenvalue weighted by Crippen LogP contribution is -2.40. The van der Waals surface area contributed by atoms with Gasteiger partial charge in [0, 0.05) is 24.3 Å². The van der Waals surface area contributed by atoms with Crippen LogP contribution in [-0.4, -0.2) is 49.6 Å². The third kappa shape index (κ3) is 5.06. The predicted octanol–water partition coefficient (Wildman–Crippen LogP) is 2.05. The number of nitriles is 1. The van der Waals surface area contributed by atoms with E-state index in [0.717, 1.165) is 0 Å². The Labute approximate surface area is 157 Å². The van der Waals surface area contributed by atoms with E-state index < -0.39 is 0 Å². The van der Waals surface area contributed by atoms with Crippen molar-refractivity contribution in [1.29, 1.82) is 5.26 Å². The monoisotopic (exact) mass is 365 g/mol. The van der Waals surface area contributed by atoms with Crippen LogP contribution in [-0.2, 0) is 9.53 Å². The highest BCUT2D eigenvalue weighted by atomic mass is 16.5. The van der Waals surface area contributed by atoms with Crippen molar-refractivity contribution in [3.63, 3.8) is 0 Å². The summed E-state index contributed by atoms with van der Waals surface area (Å²) in [7, 11) is 0. The van der Waals surface area contributed by atoms with Crippen LogP contribution in [0, 0.1) is 11.3 Å². The van der Waals surface area contributed by atoms with Gasteiger partial charge in [-0.15, -0.1) is 0 Å². The van der Waals surface area contributed by atoms with Gasteiger partial charge in [-0.1, -0.05) is 6.07 Å². The highest BCUT2D eigenvalue weighted by Gasteiger charge is 2.18. The van der Waals surface area contributed by atoms with E-state index in [2.05, 4.69) is 5.32 Å². The molecule has 2 aromatic rings. The van der Waals surface area contributed by atoms with Crippen LogP contribution in [0.5, 0.6) is 5.75 Å². The number of carbonyl (C=O) groups excluding carboxylic acids is 2. The van der Waals surface area contributed by atoms with E-state index in [1.807, 2.05) is 6.07 Å². The lowest BCUT2D eigenvalue weighted by atomic mass is 10.1. The lowest BCUT2D eigenvalue weighted by molar-refractivity contribution is -0.118. The number of carbonyl (C=O) groups is 2. The second kappa shape index (κ2) is 8.83. The van der Waals surface area contributed by atoms with E-state index in [0.29, 0.717) is 48.9 Å². The molecule has 1 aliphatic rings. The van der Waals surface area contributed by atoms with Gasteiger partial charge in [-0.05, 0) is 42.5 Å². The molecule has 27 heavy (non-hydrogen) atoms. The Bertz CT molecular complexity index is 852. The second-order valence-corrected chi connectivity index (χ2v) is 5.96. The Morgan fingerprint density at radius 2 is 1.89 bits per heavy atom. The zero-order valence-corrected chi connectivity index (χ0v) is 14.7. The first-order valence-electron chi connectivity index (χ1n) is 8.55. The summed E-state index contributed by atoms with van der Waals surface area (Å²) in [4.78, 5) is 26.3. The molecule has 0 aliphatic carbocycles. The first-order chi connectivity index (χ1) is 13.2. The van der Waals surface area contributed by atoms with Crippen molar-refractivity contribution in [2.75, 3.05) is 38.2 Å².